The number of carbonyl (C=O) groups excluding carboxylic acids is 2. The van der Waals surface area contributed by atoms with Crippen LogP contribution >= 0.6 is 0 Å². The van der Waals surface area contributed by atoms with E-state index in [-0.39, 0.29) is 18.5 Å². The highest BCUT2D eigenvalue weighted by Gasteiger charge is 2.18. The Morgan fingerprint density at radius 2 is 0.658 bits per heavy atom. The number of aliphatic hydroxyl groups is 2. The van der Waals surface area contributed by atoms with Crippen LogP contribution in [-0.4, -0.2) is 47.4 Å². The number of esters is 1. The van der Waals surface area contributed by atoms with Crippen molar-refractivity contribution in [2.75, 3.05) is 13.2 Å². The summed E-state index contributed by atoms with van der Waals surface area (Å²) in [7, 11) is 0. The normalized spacial score (nSPS) is 12.7. The van der Waals surface area contributed by atoms with Gasteiger partial charge in [-0.2, -0.15) is 0 Å². The molecule has 0 radical (unpaired) electrons. The Morgan fingerprint density at radius 1 is 0.368 bits per heavy atom. The van der Waals surface area contributed by atoms with E-state index >= 15 is 0 Å². The number of rotatable bonds is 64. The summed E-state index contributed by atoms with van der Waals surface area (Å²) in [5, 5.41) is 23.0. The molecule has 0 bridgehead atoms. The first-order valence-electron chi connectivity index (χ1n) is 34.3. The zero-order chi connectivity index (χ0) is 55.0. The van der Waals surface area contributed by atoms with Crippen LogP contribution in [0.2, 0.25) is 0 Å². The minimum atomic E-state index is -0.839. The Bertz CT molecular complexity index is 1230. The smallest absolute Gasteiger partial charge is 0.305 e. The van der Waals surface area contributed by atoms with Gasteiger partial charge in [-0.05, 0) is 64.2 Å². The van der Waals surface area contributed by atoms with Crippen molar-refractivity contribution in [2.45, 2.75) is 386 Å². The summed E-state index contributed by atoms with van der Waals surface area (Å²) in [5.74, 6) is -0.0560. The van der Waals surface area contributed by atoms with Crippen molar-refractivity contribution in [1.82, 2.24) is 5.32 Å². The second-order valence-corrected chi connectivity index (χ2v) is 23.5. The van der Waals surface area contributed by atoms with Gasteiger partial charge in [-0.1, -0.05) is 333 Å². The average molecular weight is 1070 g/mol. The van der Waals surface area contributed by atoms with E-state index < -0.39 is 12.1 Å². The van der Waals surface area contributed by atoms with Crippen molar-refractivity contribution >= 4 is 11.9 Å². The van der Waals surface area contributed by atoms with Crippen LogP contribution in [0.15, 0.2) is 36.5 Å². The van der Waals surface area contributed by atoms with E-state index in [0.29, 0.717) is 19.4 Å². The molecule has 0 saturated carbocycles. The van der Waals surface area contributed by atoms with Gasteiger partial charge in [0.25, 0.3) is 0 Å². The molecule has 3 N–H and O–H groups in total. The van der Waals surface area contributed by atoms with E-state index in [9.17, 15) is 19.8 Å². The molecular weight excluding hydrogens is 935 g/mol. The Kier molecular flexibility index (Phi) is 63.9. The fraction of sp³-hybridized carbons (Fsp3) is 0.886. The van der Waals surface area contributed by atoms with E-state index in [1.54, 1.807) is 6.08 Å². The summed E-state index contributed by atoms with van der Waals surface area (Å²) in [6, 6.07) is -0.622. The maximum atomic E-state index is 12.4. The molecule has 0 rings (SSSR count). The zero-order valence-corrected chi connectivity index (χ0v) is 51.3. The van der Waals surface area contributed by atoms with Crippen LogP contribution in [0.4, 0.5) is 0 Å². The molecule has 6 nitrogen and oxygen atoms in total. The Morgan fingerprint density at radius 3 is 1.01 bits per heavy atom. The molecule has 6 heteroatoms. The van der Waals surface area contributed by atoms with Gasteiger partial charge in [0.05, 0.1) is 25.4 Å². The molecule has 0 heterocycles. The molecule has 76 heavy (non-hydrogen) atoms. The van der Waals surface area contributed by atoms with E-state index in [4.69, 9.17) is 4.74 Å². The fourth-order valence-corrected chi connectivity index (χ4v) is 10.7. The Hall–Kier alpha value is -1.92. The second kappa shape index (κ2) is 65.6. The number of allylic oxidation sites excluding steroid dienone is 5. The third-order valence-corrected chi connectivity index (χ3v) is 15.9. The summed E-state index contributed by atoms with van der Waals surface area (Å²) >= 11 is 0. The van der Waals surface area contributed by atoms with Crippen molar-refractivity contribution in [3.05, 3.63) is 36.5 Å². The van der Waals surface area contributed by atoms with Gasteiger partial charge in [0, 0.05) is 12.8 Å². The average Bonchev–Trinajstić information content (AvgIpc) is 3.42. The third kappa shape index (κ3) is 61.3. The molecule has 0 aromatic heterocycles. The van der Waals surface area contributed by atoms with Crippen LogP contribution < -0.4 is 5.32 Å². The van der Waals surface area contributed by atoms with E-state index in [1.165, 1.54) is 295 Å². The summed E-state index contributed by atoms with van der Waals surface area (Å²) in [6.07, 6.45) is 83.8. The standard InChI is InChI=1S/C70H133NO5/c1-3-5-7-9-11-13-15-16-17-38-41-44-48-52-56-60-64-70(75)76-65-61-57-53-49-45-42-39-36-34-32-30-28-26-24-22-20-18-19-21-23-25-27-29-31-33-35-37-40-43-47-51-55-59-63-69(74)71-67(66-72)68(73)62-58-54-50-46-14-12-10-8-6-4-2/h13,15,17,38,58,62,67-68,72-73H,3-12,14,16,18-37,39-57,59-61,63-66H2,1-2H3,(H,71,74)/b15-13-,38-17-,62-58+. The van der Waals surface area contributed by atoms with Gasteiger partial charge in [-0.15, -0.1) is 0 Å². The highest BCUT2D eigenvalue weighted by atomic mass is 16.5. The molecule has 0 fully saturated rings. The molecule has 0 aromatic rings. The molecule has 0 aliphatic heterocycles. The fourth-order valence-electron chi connectivity index (χ4n) is 10.7. The van der Waals surface area contributed by atoms with Gasteiger partial charge >= 0.3 is 5.97 Å². The predicted octanol–water partition coefficient (Wildman–Crippen LogP) is 21.9. The molecule has 2 unspecified atom stereocenters. The molecule has 0 aromatic carbocycles. The summed E-state index contributed by atoms with van der Waals surface area (Å²) in [6.45, 7) is 4.88. The number of unbranched alkanes of at least 4 members (excludes halogenated alkanes) is 49. The number of carbonyl (C=O) groups is 2. The largest absolute Gasteiger partial charge is 0.466 e. The number of hydrogen-bond acceptors (Lipinski definition) is 5. The summed E-state index contributed by atoms with van der Waals surface area (Å²) in [4.78, 5) is 24.5. The molecule has 0 spiro atoms. The van der Waals surface area contributed by atoms with E-state index in [2.05, 4.69) is 43.5 Å². The van der Waals surface area contributed by atoms with Crippen LogP contribution in [0.3, 0.4) is 0 Å². The Balaban J connectivity index is 3.30. The summed E-state index contributed by atoms with van der Waals surface area (Å²) in [5.41, 5.74) is 0. The number of ether oxygens (including phenoxy) is 1. The highest BCUT2D eigenvalue weighted by molar-refractivity contribution is 5.76. The third-order valence-electron chi connectivity index (χ3n) is 15.9. The number of amides is 1. The van der Waals surface area contributed by atoms with Crippen molar-refractivity contribution < 1.29 is 24.5 Å². The van der Waals surface area contributed by atoms with Gasteiger partial charge in [-0.3, -0.25) is 9.59 Å². The van der Waals surface area contributed by atoms with Crippen molar-refractivity contribution in [3.8, 4) is 0 Å². The topological polar surface area (TPSA) is 95.9 Å². The monoisotopic (exact) mass is 1070 g/mol. The van der Waals surface area contributed by atoms with Gasteiger partial charge in [0.15, 0.2) is 0 Å². The molecule has 1 amide bonds. The second-order valence-electron chi connectivity index (χ2n) is 23.5. The first-order chi connectivity index (χ1) is 37.5. The van der Waals surface area contributed by atoms with Crippen molar-refractivity contribution in [3.63, 3.8) is 0 Å². The minimum absolute atomic E-state index is 0.00804. The van der Waals surface area contributed by atoms with Crippen LogP contribution in [0, 0.1) is 0 Å². The first-order valence-corrected chi connectivity index (χ1v) is 34.3. The van der Waals surface area contributed by atoms with Crippen LogP contribution in [0.5, 0.6) is 0 Å². The molecule has 2 atom stereocenters. The maximum absolute atomic E-state index is 12.4. The van der Waals surface area contributed by atoms with Gasteiger partial charge in [0.1, 0.15) is 0 Å². The quantitative estimate of drug-likeness (QED) is 0.0320. The van der Waals surface area contributed by atoms with Crippen molar-refractivity contribution in [2.24, 2.45) is 0 Å². The first kappa shape index (κ1) is 74.1. The molecule has 0 aliphatic rings. The lowest BCUT2D eigenvalue weighted by Crippen LogP contribution is -2.45. The minimum Gasteiger partial charge on any atom is -0.466 e. The lowest BCUT2D eigenvalue weighted by Gasteiger charge is -2.20. The zero-order valence-electron chi connectivity index (χ0n) is 51.3. The van der Waals surface area contributed by atoms with Crippen LogP contribution in [0.25, 0.3) is 0 Å². The lowest BCUT2D eigenvalue weighted by atomic mass is 10.0. The van der Waals surface area contributed by atoms with Gasteiger partial charge in [0.2, 0.25) is 5.91 Å². The van der Waals surface area contributed by atoms with Crippen molar-refractivity contribution in [1.29, 1.82) is 0 Å². The Labute approximate surface area is 474 Å². The number of aliphatic hydroxyl groups excluding tert-OH is 2. The van der Waals surface area contributed by atoms with Crippen LogP contribution in [0.1, 0.15) is 373 Å². The predicted molar refractivity (Wildman–Crippen MR) is 333 cm³/mol. The lowest BCUT2D eigenvalue weighted by molar-refractivity contribution is -0.143. The van der Waals surface area contributed by atoms with E-state index in [1.807, 2.05) is 6.08 Å². The van der Waals surface area contributed by atoms with Gasteiger partial charge < -0.3 is 20.3 Å². The maximum Gasteiger partial charge on any atom is 0.305 e. The highest BCUT2D eigenvalue weighted by Crippen LogP contribution is 2.18. The molecule has 448 valence electrons. The molecule has 0 saturated heterocycles. The number of hydrogen-bond donors (Lipinski definition) is 3. The molecular formula is C70H133NO5. The molecule has 0 aliphatic carbocycles. The van der Waals surface area contributed by atoms with Crippen LogP contribution in [-0.2, 0) is 14.3 Å². The van der Waals surface area contributed by atoms with E-state index in [0.717, 1.165) is 51.4 Å². The SMILES string of the molecule is CCCCCC/C=C\C/C=C\CCCCCCCC(=O)OCCCCCCCCCCCCCCCCCCCCCCCCCCCCCCCCCCCC(=O)NC(CO)C(O)/C=C/CCCCCCCCCC. The summed E-state index contributed by atoms with van der Waals surface area (Å²) < 4.78 is 5.49. The number of nitrogens with one attached hydrogen (secondary N) is 1. The van der Waals surface area contributed by atoms with Gasteiger partial charge in [-0.25, -0.2) is 0 Å².